The zero-order chi connectivity index (χ0) is 19.3. The number of halogens is 4. The maximum atomic E-state index is 12.6. The topological polar surface area (TPSA) is 51.5 Å². The number of hydrogen-bond acceptors (Lipinski definition) is 4. The normalized spacial score (nSPS) is 13.6. The number of alkyl halides is 3. The molecule has 0 aliphatic heterocycles. The van der Waals surface area contributed by atoms with Gasteiger partial charge in [0.15, 0.2) is 6.10 Å². The van der Waals surface area contributed by atoms with Gasteiger partial charge in [-0.1, -0.05) is 11.6 Å². The summed E-state index contributed by atoms with van der Waals surface area (Å²) in [4.78, 5) is 0. The summed E-state index contributed by atoms with van der Waals surface area (Å²) in [5.41, 5.74) is -0.849. The molecule has 2 aromatic rings. The zero-order valence-corrected chi connectivity index (χ0v) is 14.6. The Morgan fingerprint density at radius 3 is 2.19 bits per heavy atom. The van der Waals surface area contributed by atoms with Crippen LogP contribution in [-0.4, -0.2) is 19.3 Å². The number of nitrogens with zero attached hydrogens (tertiary/aromatic N) is 1. The van der Waals surface area contributed by atoms with E-state index in [9.17, 15) is 13.2 Å². The molecule has 2 atom stereocenters. The van der Waals surface area contributed by atoms with Gasteiger partial charge in [0.2, 0.25) is 0 Å². The van der Waals surface area contributed by atoms with Crippen molar-refractivity contribution in [2.45, 2.75) is 25.3 Å². The first-order valence-electron chi connectivity index (χ1n) is 7.48. The molecular formula is C18H15ClF3NO3. The molecule has 0 spiro atoms. The molecule has 8 heteroatoms. The Bertz CT molecular complexity index is 788. The van der Waals surface area contributed by atoms with Crippen molar-refractivity contribution >= 4 is 11.6 Å². The predicted octanol–water partition coefficient (Wildman–Crippen LogP) is 5.46. The molecular weight excluding hydrogens is 371 g/mol. The van der Waals surface area contributed by atoms with Gasteiger partial charge in [-0.25, -0.2) is 0 Å². The SMILES string of the molecule is COC(C#N)C(C)Oc1ccc(Oc2ccc(C(F)(F)F)cc2Cl)cc1. The minimum Gasteiger partial charge on any atom is -0.487 e. The summed E-state index contributed by atoms with van der Waals surface area (Å²) >= 11 is 5.86. The summed E-state index contributed by atoms with van der Waals surface area (Å²) in [5.74, 6) is 0.960. The van der Waals surface area contributed by atoms with Gasteiger partial charge in [-0.2, -0.15) is 18.4 Å². The third kappa shape index (κ3) is 5.04. The first-order chi connectivity index (χ1) is 12.2. The molecule has 0 N–H and O–H groups in total. The summed E-state index contributed by atoms with van der Waals surface area (Å²) in [7, 11) is 1.42. The van der Waals surface area contributed by atoms with Crippen molar-refractivity contribution in [3.8, 4) is 23.3 Å². The van der Waals surface area contributed by atoms with Crippen molar-refractivity contribution in [1.29, 1.82) is 5.26 Å². The number of hydrogen-bond donors (Lipinski definition) is 0. The Hall–Kier alpha value is -2.43. The summed E-state index contributed by atoms with van der Waals surface area (Å²) < 4.78 is 54.0. The van der Waals surface area contributed by atoms with Gasteiger partial charge in [0.25, 0.3) is 0 Å². The minimum absolute atomic E-state index is 0.102. The second kappa shape index (κ2) is 8.30. The molecule has 0 radical (unpaired) electrons. The summed E-state index contributed by atoms with van der Waals surface area (Å²) in [5, 5.41) is 8.77. The lowest BCUT2D eigenvalue weighted by Crippen LogP contribution is -2.29. The largest absolute Gasteiger partial charge is 0.487 e. The summed E-state index contributed by atoms with van der Waals surface area (Å²) in [6.07, 6.45) is -5.67. The van der Waals surface area contributed by atoms with Crippen LogP contribution in [0.3, 0.4) is 0 Å². The van der Waals surface area contributed by atoms with Crippen LogP contribution in [0.4, 0.5) is 13.2 Å². The Balaban J connectivity index is 2.07. The van der Waals surface area contributed by atoms with E-state index in [2.05, 4.69) is 0 Å². The van der Waals surface area contributed by atoms with Gasteiger partial charge in [0.1, 0.15) is 23.4 Å². The Labute approximate surface area is 153 Å². The van der Waals surface area contributed by atoms with Crippen molar-refractivity contribution in [3.05, 3.63) is 53.1 Å². The molecule has 4 nitrogen and oxygen atoms in total. The molecule has 0 fully saturated rings. The Morgan fingerprint density at radius 1 is 1.08 bits per heavy atom. The van der Waals surface area contributed by atoms with E-state index in [1.165, 1.54) is 7.11 Å². The number of ether oxygens (including phenoxy) is 3. The number of benzene rings is 2. The van der Waals surface area contributed by atoms with E-state index < -0.39 is 23.9 Å². The molecule has 0 bridgehead atoms. The van der Waals surface area contributed by atoms with Crippen LogP contribution >= 0.6 is 11.6 Å². The fourth-order valence-corrected chi connectivity index (χ4v) is 2.32. The number of rotatable bonds is 6. The number of methoxy groups -OCH3 is 1. The second-order valence-electron chi connectivity index (χ2n) is 5.32. The van der Waals surface area contributed by atoms with E-state index in [4.69, 9.17) is 31.1 Å². The monoisotopic (exact) mass is 385 g/mol. The van der Waals surface area contributed by atoms with Crippen molar-refractivity contribution in [3.63, 3.8) is 0 Å². The third-order valence-electron chi connectivity index (χ3n) is 3.44. The molecule has 0 aliphatic carbocycles. The lowest BCUT2D eigenvalue weighted by molar-refractivity contribution is -0.137. The van der Waals surface area contributed by atoms with Gasteiger partial charge in [0.05, 0.1) is 16.7 Å². The van der Waals surface area contributed by atoms with Crippen LogP contribution in [0.15, 0.2) is 42.5 Å². The van der Waals surface area contributed by atoms with Gasteiger partial charge in [-0.3, -0.25) is 0 Å². The van der Waals surface area contributed by atoms with E-state index in [1.807, 2.05) is 6.07 Å². The van der Waals surface area contributed by atoms with E-state index in [0.717, 1.165) is 18.2 Å². The molecule has 0 saturated carbocycles. The standard InChI is InChI=1S/C18H15ClF3NO3/c1-11(17(10-23)24-2)25-13-4-6-14(7-5-13)26-16-8-3-12(9-15(16)19)18(20,21)22/h3-9,11,17H,1-2H3. The van der Waals surface area contributed by atoms with Crippen LogP contribution in [0.25, 0.3) is 0 Å². The fraction of sp³-hybridized carbons (Fsp3) is 0.278. The van der Waals surface area contributed by atoms with Crippen LogP contribution in [0, 0.1) is 11.3 Å². The molecule has 2 unspecified atom stereocenters. The average Bonchev–Trinajstić information content (AvgIpc) is 2.58. The third-order valence-corrected chi connectivity index (χ3v) is 3.74. The van der Waals surface area contributed by atoms with Crippen molar-refractivity contribution < 1.29 is 27.4 Å². The Morgan fingerprint density at radius 2 is 1.69 bits per heavy atom. The fourth-order valence-electron chi connectivity index (χ4n) is 2.10. The molecule has 138 valence electrons. The van der Waals surface area contributed by atoms with Gasteiger partial charge < -0.3 is 14.2 Å². The highest BCUT2D eigenvalue weighted by Crippen LogP contribution is 2.36. The van der Waals surface area contributed by atoms with Crippen molar-refractivity contribution in [1.82, 2.24) is 0 Å². The lowest BCUT2D eigenvalue weighted by atomic mass is 10.2. The maximum absolute atomic E-state index is 12.6. The molecule has 2 rings (SSSR count). The molecule has 0 heterocycles. The quantitative estimate of drug-likeness (QED) is 0.662. The predicted molar refractivity (Wildman–Crippen MR) is 89.5 cm³/mol. The molecule has 0 amide bonds. The van der Waals surface area contributed by atoms with Gasteiger partial charge >= 0.3 is 6.18 Å². The molecule has 26 heavy (non-hydrogen) atoms. The zero-order valence-electron chi connectivity index (χ0n) is 13.9. The van der Waals surface area contributed by atoms with Crippen LogP contribution in [0.1, 0.15) is 12.5 Å². The molecule has 0 aromatic heterocycles. The van der Waals surface area contributed by atoms with E-state index in [-0.39, 0.29) is 10.8 Å². The van der Waals surface area contributed by atoms with Crippen LogP contribution in [-0.2, 0) is 10.9 Å². The highest BCUT2D eigenvalue weighted by Gasteiger charge is 2.31. The van der Waals surface area contributed by atoms with E-state index >= 15 is 0 Å². The van der Waals surface area contributed by atoms with Crippen molar-refractivity contribution in [2.75, 3.05) is 7.11 Å². The molecule has 0 saturated heterocycles. The van der Waals surface area contributed by atoms with Gasteiger partial charge in [-0.05, 0) is 49.4 Å². The van der Waals surface area contributed by atoms with Crippen molar-refractivity contribution in [2.24, 2.45) is 0 Å². The minimum atomic E-state index is -4.47. The molecule has 2 aromatic carbocycles. The average molecular weight is 386 g/mol. The first kappa shape index (κ1) is 19.9. The second-order valence-corrected chi connectivity index (χ2v) is 5.73. The molecule has 0 aliphatic rings. The maximum Gasteiger partial charge on any atom is 0.416 e. The van der Waals surface area contributed by atoms with Gasteiger partial charge in [0, 0.05) is 7.11 Å². The van der Waals surface area contributed by atoms with Crippen LogP contribution in [0.2, 0.25) is 5.02 Å². The Kier molecular flexibility index (Phi) is 6.35. The van der Waals surface area contributed by atoms with E-state index in [0.29, 0.717) is 11.5 Å². The van der Waals surface area contributed by atoms with E-state index in [1.54, 1.807) is 31.2 Å². The lowest BCUT2D eigenvalue weighted by Gasteiger charge is -2.18. The van der Waals surface area contributed by atoms with Gasteiger partial charge in [-0.15, -0.1) is 0 Å². The highest BCUT2D eigenvalue weighted by molar-refractivity contribution is 6.32. The highest BCUT2D eigenvalue weighted by atomic mass is 35.5. The van der Waals surface area contributed by atoms with Crippen LogP contribution in [0.5, 0.6) is 17.2 Å². The van der Waals surface area contributed by atoms with Crippen LogP contribution < -0.4 is 9.47 Å². The summed E-state index contributed by atoms with van der Waals surface area (Å²) in [6, 6.07) is 11.2. The summed E-state index contributed by atoms with van der Waals surface area (Å²) in [6.45, 7) is 1.70. The smallest absolute Gasteiger partial charge is 0.416 e. The first-order valence-corrected chi connectivity index (χ1v) is 7.86. The number of nitriles is 1.